The molecule has 112 valence electrons. The van der Waals surface area contributed by atoms with Gasteiger partial charge in [0.15, 0.2) is 9.84 Å². The van der Waals surface area contributed by atoms with Gasteiger partial charge in [-0.25, -0.2) is 8.42 Å². The summed E-state index contributed by atoms with van der Waals surface area (Å²) in [4.78, 5) is 4.32. The van der Waals surface area contributed by atoms with Gasteiger partial charge in [0, 0.05) is 6.26 Å². The van der Waals surface area contributed by atoms with Gasteiger partial charge >= 0.3 is 0 Å². The summed E-state index contributed by atoms with van der Waals surface area (Å²) in [5, 5.41) is 9.67. The standard InChI is InChI=1S/C15H17NO4S/c1-3-15(17)14-8-7-12(10-16-14)20-11-5-4-6-13(9-11)21(2,18)19/h4-10,15,17H,3H2,1-2H3/t15-/m0/s1. The zero-order chi connectivity index (χ0) is 15.5. The Kier molecular flexibility index (Phi) is 4.59. The normalized spacial score (nSPS) is 12.9. The third-order valence-corrected chi connectivity index (χ3v) is 4.07. The molecule has 1 N–H and O–H groups in total. The Bertz CT molecular complexity index is 711. The van der Waals surface area contributed by atoms with Crippen LogP contribution in [0.5, 0.6) is 11.5 Å². The summed E-state index contributed by atoms with van der Waals surface area (Å²) in [6.07, 6.45) is 2.65. The topological polar surface area (TPSA) is 76.5 Å². The van der Waals surface area contributed by atoms with Crippen LogP contribution in [0.3, 0.4) is 0 Å². The van der Waals surface area contributed by atoms with Crippen LogP contribution in [0, 0.1) is 0 Å². The molecule has 1 aromatic carbocycles. The summed E-state index contributed by atoms with van der Waals surface area (Å²) in [6, 6.07) is 9.64. The molecule has 6 heteroatoms. The summed E-state index contributed by atoms with van der Waals surface area (Å²) in [5.41, 5.74) is 0.578. The Balaban J connectivity index is 2.19. The number of pyridine rings is 1. The molecule has 0 unspecified atom stereocenters. The van der Waals surface area contributed by atoms with Crippen molar-refractivity contribution in [3.8, 4) is 11.5 Å². The minimum absolute atomic E-state index is 0.200. The fourth-order valence-corrected chi connectivity index (χ4v) is 2.42. The maximum Gasteiger partial charge on any atom is 0.175 e. The number of benzene rings is 1. The molecule has 2 aromatic rings. The van der Waals surface area contributed by atoms with Crippen LogP contribution in [-0.2, 0) is 9.84 Å². The van der Waals surface area contributed by atoms with E-state index in [0.717, 1.165) is 6.26 Å². The molecule has 0 aliphatic heterocycles. The molecule has 1 heterocycles. The third-order valence-electron chi connectivity index (χ3n) is 2.96. The highest BCUT2D eigenvalue weighted by atomic mass is 32.2. The fourth-order valence-electron chi connectivity index (χ4n) is 1.76. The average Bonchev–Trinajstić information content (AvgIpc) is 2.47. The lowest BCUT2D eigenvalue weighted by Crippen LogP contribution is -1.99. The maximum absolute atomic E-state index is 11.5. The number of aliphatic hydroxyl groups excluding tert-OH is 1. The molecule has 0 saturated carbocycles. The van der Waals surface area contributed by atoms with Crippen molar-refractivity contribution in [2.45, 2.75) is 24.3 Å². The van der Waals surface area contributed by atoms with Gasteiger partial charge in [-0.05, 0) is 36.8 Å². The second kappa shape index (κ2) is 6.24. The van der Waals surface area contributed by atoms with E-state index in [0.29, 0.717) is 23.6 Å². The zero-order valence-corrected chi connectivity index (χ0v) is 12.7. The average molecular weight is 307 g/mol. The minimum atomic E-state index is -3.27. The predicted molar refractivity (Wildman–Crippen MR) is 79.1 cm³/mol. The molecule has 2 rings (SSSR count). The van der Waals surface area contributed by atoms with Crippen LogP contribution >= 0.6 is 0 Å². The largest absolute Gasteiger partial charge is 0.456 e. The molecule has 0 saturated heterocycles. The van der Waals surface area contributed by atoms with E-state index in [4.69, 9.17) is 4.74 Å². The van der Waals surface area contributed by atoms with Gasteiger partial charge in [0.1, 0.15) is 11.5 Å². The van der Waals surface area contributed by atoms with Crippen molar-refractivity contribution in [3.63, 3.8) is 0 Å². The van der Waals surface area contributed by atoms with Crippen LogP contribution in [0.4, 0.5) is 0 Å². The summed E-state index contributed by atoms with van der Waals surface area (Å²) in [5.74, 6) is 0.899. The Morgan fingerprint density at radius 2 is 2.00 bits per heavy atom. The number of ether oxygens (including phenoxy) is 1. The number of rotatable bonds is 5. The first-order chi connectivity index (χ1) is 9.90. The van der Waals surface area contributed by atoms with Crippen LogP contribution in [0.15, 0.2) is 47.5 Å². The van der Waals surface area contributed by atoms with E-state index >= 15 is 0 Å². The number of aliphatic hydroxyl groups is 1. The van der Waals surface area contributed by atoms with E-state index in [1.807, 2.05) is 6.92 Å². The van der Waals surface area contributed by atoms with Crippen LogP contribution in [0.2, 0.25) is 0 Å². The molecule has 21 heavy (non-hydrogen) atoms. The van der Waals surface area contributed by atoms with Crippen molar-refractivity contribution < 1.29 is 18.3 Å². The number of hydrogen-bond donors (Lipinski definition) is 1. The van der Waals surface area contributed by atoms with E-state index in [2.05, 4.69) is 4.98 Å². The molecule has 0 spiro atoms. The van der Waals surface area contributed by atoms with Crippen molar-refractivity contribution in [2.75, 3.05) is 6.26 Å². The van der Waals surface area contributed by atoms with E-state index < -0.39 is 15.9 Å². The Morgan fingerprint density at radius 3 is 2.57 bits per heavy atom. The van der Waals surface area contributed by atoms with E-state index in [1.54, 1.807) is 24.3 Å². The van der Waals surface area contributed by atoms with E-state index in [-0.39, 0.29) is 4.90 Å². The number of sulfone groups is 1. The highest BCUT2D eigenvalue weighted by Crippen LogP contribution is 2.24. The molecule has 0 bridgehead atoms. The first-order valence-corrected chi connectivity index (χ1v) is 8.41. The molecular formula is C15H17NO4S. The number of hydrogen-bond acceptors (Lipinski definition) is 5. The van der Waals surface area contributed by atoms with Gasteiger partial charge in [0.25, 0.3) is 0 Å². The van der Waals surface area contributed by atoms with Gasteiger partial charge in [0.2, 0.25) is 0 Å². The van der Waals surface area contributed by atoms with E-state index in [1.165, 1.54) is 18.3 Å². The molecule has 0 aliphatic carbocycles. The van der Waals surface area contributed by atoms with E-state index in [9.17, 15) is 13.5 Å². The molecule has 5 nitrogen and oxygen atoms in total. The van der Waals surface area contributed by atoms with Crippen LogP contribution < -0.4 is 4.74 Å². The monoisotopic (exact) mass is 307 g/mol. The van der Waals surface area contributed by atoms with Crippen LogP contribution in [0.1, 0.15) is 25.1 Å². The number of aromatic nitrogens is 1. The second-order valence-electron chi connectivity index (χ2n) is 4.69. The van der Waals surface area contributed by atoms with Crippen LogP contribution in [-0.4, -0.2) is 24.8 Å². The first-order valence-electron chi connectivity index (χ1n) is 6.52. The van der Waals surface area contributed by atoms with Gasteiger partial charge in [-0.1, -0.05) is 13.0 Å². The lowest BCUT2D eigenvalue weighted by Gasteiger charge is -2.09. The summed E-state index contributed by atoms with van der Waals surface area (Å²) in [7, 11) is -3.27. The summed E-state index contributed by atoms with van der Waals surface area (Å²) >= 11 is 0. The first kappa shape index (κ1) is 15.5. The molecule has 1 aromatic heterocycles. The summed E-state index contributed by atoms with van der Waals surface area (Å²) in [6.45, 7) is 1.87. The molecule has 0 fully saturated rings. The van der Waals surface area contributed by atoms with Crippen molar-refractivity contribution in [1.82, 2.24) is 4.98 Å². The molecule has 0 radical (unpaired) electrons. The SMILES string of the molecule is CC[C@H](O)c1ccc(Oc2cccc(S(C)(=O)=O)c2)cn1. The highest BCUT2D eigenvalue weighted by Gasteiger charge is 2.09. The zero-order valence-electron chi connectivity index (χ0n) is 11.9. The molecule has 0 aliphatic rings. The quantitative estimate of drug-likeness (QED) is 0.919. The second-order valence-corrected chi connectivity index (χ2v) is 6.71. The lowest BCUT2D eigenvalue weighted by atomic mass is 10.2. The van der Waals surface area contributed by atoms with Crippen molar-refractivity contribution in [1.29, 1.82) is 0 Å². The van der Waals surface area contributed by atoms with Crippen LogP contribution in [0.25, 0.3) is 0 Å². The van der Waals surface area contributed by atoms with Gasteiger partial charge < -0.3 is 9.84 Å². The third kappa shape index (κ3) is 4.03. The van der Waals surface area contributed by atoms with Gasteiger partial charge in [-0.15, -0.1) is 0 Å². The van der Waals surface area contributed by atoms with Crippen molar-refractivity contribution in [2.24, 2.45) is 0 Å². The molecule has 0 amide bonds. The van der Waals surface area contributed by atoms with Crippen molar-refractivity contribution in [3.05, 3.63) is 48.3 Å². The minimum Gasteiger partial charge on any atom is -0.456 e. The van der Waals surface area contributed by atoms with Gasteiger partial charge in [0.05, 0.1) is 22.9 Å². The van der Waals surface area contributed by atoms with Gasteiger partial charge in [-0.2, -0.15) is 0 Å². The van der Waals surface area contributed by atoms with Crippen molar-refractivity contribution >= 4 is 9.84 Å². The lowest BCUT2D eigenvalue weighted by molar-refractivity contribution is 0.169. The fraction of sp³-hybridized carbons (Fsp3) is 0.267. The number of nitrogens with zero attached hydrogens (tertiary/aromatic N) is 1. The molecule has 1 atom stereocenters. The Morgan fingerprint density at radius 1 is 1.24 bits per heavy atom. The Labute approximate surface area is 124 Å². The Hall–Kier alpha value is -1.92. The highest BCUT2D eigenvalue weighted by molar-refractivity contribution is 7.90. The maximum atomic E-state index is 11.5. The molecular weight excluding hydrogens is 290 g/mol. The predicted octanol–water partition coefficient (Wildman–Crippen LogP) is 2.72. The smallest absolute Gasteiger partial charge is 0.175 e. The summed E-state index contributed by atoms with van der Waals surface area (Å²) < 4.78 is 28.6. The van der Waals surface area contributed by atoms with Gasteiger partial charge in [-0.3, -0.25) is 4.98 Å².